The fourth-order valence-corrected chi connectivity index (χ4v) is 6.66. The molecule has 5 rings (SSSR count). The van der Waals surface area contributed by atoms with E-state index in [1.165, 1.54) is 23.9 Å². The number of rotatable bonds is 8. The molecule has 0 radical (unpaired) electrons. The van der Waals surface area contributed by atoms with E-state index in [1.807, 2.05) is 31.2 Å². The number of halogens is 1. The zero-order chi connectivity index (χ0) is 30.7. The first-order valence-electron chi connectivity index (χ1n) is 14.1. The molecule has 222 valence electrons. The maximum Gasteiger partial charge on any atom is 0.270 e. The van der Waals surface area contributed by atoms with Gasteiger partial charge >= 0.3 is 0 Å². The van der Waals surface area contributed by atoms with Crippen molar-refractivity contribution in [3.8, 4) is 11.8 Å². The Morgan fingerprint density at radius 1 is 1.05 bits per heavy atom. The van der Waals surface area contributed by atoms with Crippen molar-refractivity contribution >= 4 is 51.8 Å². The first-order chi connectivity index (χ1) is 20.7. The Morgan fingerprint density at radius 2 is 1.70 bits per heavy atom. The Labute approximate surface area is 260 Å². The number of thioether (sulfide) groups is 1. The molecule has 8 nitrogen and oxygen atoms in total. The number of amides is 1. The van der Waals surface area contributed by atoms with Gasteiger partial charge in [0.1, 0.15) is 33.3 Å². The topological polar surface area (TPSA) is 81.8 Å². The second-order valence-corrected chi connectivity index (χ2v) is 12.0. The largest absolute Gasteiger partial charge is 0.497 e. The Morgan fingerprint density at radius 3 is 2.30 bits per heavy atom. The highest BCUT2D eigenvalue weighted by Gasteiger charge is 2.34. The quantitative estimate of drug-likeness (QED) is 0.249. The Balaban J connectivity index is 1.51. The molecule has 43 heavy (non-hydrogen) atoms. The monoisotopic (exact) mass is 617 g/mol. The van der Waals surface area contributed by atoms with Crippen LogP contribution in [0.3, 0.4) is 0 Å². The average molecular weight is 618 g/mol. The summed E-state index contributed by atoms with van der Waals surface area (Å²) in [6.07, 6.45) is 2.48. The van der Waals surface area contributed by atoms with Gasteiger partial charge in [-0.3, -0.25) is 19.1 Å². The van der Waals surface area contributed by atoms with E-state index >= 15 is 0 Å². The number of thiocarbonyl (C=S) groups is 1. The van der Waals surface area contributed by atoms with Crippen LogP contribution in [0.5, 0.6) is 5.75 Å². The van der Waals surface area contributed by atoms with Gasteiger partial charge in [-0.05, 0) is 66.9 Å². The molecule has 0 atom stereocenters. The molecular formula is C32H32FN5O3S2. The first kappa shape index (κ1) is 30.3. The lowest BCUT2D eigenvalue weighted by molar-refractivity contribution is -0.122. The summed E-state index contributed by atoms with van der Waals surface area (Å²) < 4.78 is 20.8. The predicted octanol–water partition coefficient (Wildman–Crippen LogP) is 5.31. The van der Waals surface area contributed by atoms with Crippen molar-refractivity contribution in [2.45, 2.75) is 33.4 Å². The molecule has 3 heterocycles. The van der Waals surface area contributed by atoms with Crippen LogP contribution in [0.2, 0.25) is 0 Å². The zero-order valence-electron chi connectivity index (χ0n) is 24.3. The van der Waals surface area contributed by atoms with Gasteiger partial charge in [0, 0.05) is 44.0 Å². The number of methoxy groups -OCH3 is 1. The van der Waals surface area contributed by atoms with Crippen LogP contribution in [-0.2, 0) is 17.9 Å². The minimum absolute atomic E-state index is 0.0714. The van der Waals surface area contributed by atoms with Crippen LogP contribution in [0.15, 0.2) is 58.2 Å². The number of nitriles is 1. The van der Waals surface area contributed by atoms with Crippen LogP contribution < -0.4 is 20.1 Å². The molecule has 1 aromatic heterocycles. The average Bonchev–Trinajstić information content (AvgIpc) is 3.28. The molecule has 0 N–H and O–H groups in total. The lowest BCUT2D eigenvalue weighted by atomic mass is 10.0. The highest BCUT2D eigenvalue weighted by Crippen LogP contribution is 2.37. The molecule has 3 aromatic rings. The summed E-state index contributed by atoms with van der Waals surface area (Å²) in [6.45, 7) is 7.03. The minimum Gasteiger partial charge on any atom is -0.497 e. The molecule has 1 amide bonds. The van der Waals surface area contributed by atoms with E-state index in [4.69, 9.17) is 17.0 Å². The van der Waals surface area contributed by atoms with Gasteiger partial charge in [-0.15, -0.1) is 0 Å². The van der Waals surface area contributed by atoms with Crippen LogP contribution in [0, 0.1) is 24.1 Å². The summed E-state index contributed by atoms with van der Waals surface area (Å²) >= 11 is 6.83. The molecule has 2 fully saturated rings. The van der Waals surface area contributed by atoms with Crippen molar-refractivity contribution in [1.82, 2.24) is 9.47 Å². The molecule has 0 saturated carbocycles. The highest BCUT2D eigenvalue weighted by molar-refractivity contribution is 8.26. The van der Waals surface area contributed by atoms with Gasteiger partial charge in [-0.2, -0.15) is 5.26 Å². The van der Waals surface area contributed by atoms with Gasteiger partial charge in [0.15, 0.2) is 0 Å². The summed E-state index contributed by atoms with van der Waals surface area (Å²) in [4.78, 5) is 33.5. The third kappa shape index (κ3) is 6.17. The second kappa shape index (κ2) is 13.0. The maximum atomic E-state index is 13.6. The van der Waals surface area contributed by atoms with Crippen LogP contribution >= 0.6 is 24.0 Å². The number of benzene rings is 2. The fourth-order valence-electron chi connectivity index (χ4n) is 5.43. The molecule has 0 bridgehead atoms. The van der Waals surface area contributed by atoms with Crippen LogP contribution in [0.4, 0.5) is 15.9 Å². The van der Waals surface area contributed by atoms with Gasteiger partial charge in [0.25, 0.3) is 11.5 Å². The first-order valence-corrected chi connectivity index (χ1v) is 15.3. The minimum atomic E-state index is -0.331. The number of piperazine rings is 1. The van der Waals surface area contributed by atoms with Crippen molar-refractivity contribution in [3.63, 3.8) is 0 Å². The summed E-state index contributed by atoms with van der Waals surface area (Å²) in [5.41, 5.74) is 2.80. The smallest absolute Gasteiger partial charge is 0.270 e. The maximum absolute atomic E-state index is 13.6. The third-order valence-corrected chi connectivity index (χ3v) is 9.09. The van der Waals surface area contributed by atoms with E-state index < -0.39 is 0 Å². The van der Waals surface area contributed by atoms with Gasteiger partial charge < -0.3 is 14.5 Å². The van der Waals surface area contributed by atoms with E-state index in [2.05, 4.69) is 15.9 Å². The van der Waals surface area contributed by atoms with Crippen LogP contribution in [0.1, 0.15) is 35.6 Å². The number of nitrogens with zero attached hydrogens (tertiary/aromatic N) is 5. The predicted molar refractivity (Wildman–Crippen MR) is 173 cm³/mol. The summed E-state index contributed by atoms with van der Waals surface area (Å²) in [6, 6.07) is 16.0. The molecule has 2 saturated heterocycles. The second-order valence-electron chi connectivity index (χ2n) is 10.4. The van der Waals surface area contributed by atoms with E-state index in [-0.39, 0.29) is 22.8 Å². The Kier molecular flexibility index (Phi) is 9.18. The number of carbonyl (C=O) groups is 1. The van der Waals surface area contributed by atoms with E-state index in [0.29, 0.717) is 71.9 Å². The summed E-state index contributed by atoms with van der Waals surface area (Å²) in [7, 11) is 1.60. The van der Waals surface area contributed by atoms with Crippen molar-refractivity contribution in [2.75, 3.05) is 43.1 Å². The number of aromatic nitrogens is 1. The zero-order valence-corrected chi connectivity index (χ0v) is 25.9. The Hall–Kier alpha value is -4.14. The fraction of sp³-hybridized carbons (Fsp3) is 0.312. The number of ether oxygens (including phenoxy) is 1. The molecule has 0 spiro atoms. The molecule has 2 aromatic carbocycles. The molecular weight excluding hydrogens is 586 g/mol. The van der Waals surface area contributed by atoms with Gasteiger partial charge in [-0.1, -0.05) is 43.0 Å². The van der Waals surface area contributed by atoms with Crippen LogP contribution in [0.25, 0.3) is 6.08 Å². The van der Waals surface area contributed by atoms with E-state index in [1.54, 1.807) is 41.7 Å². The Bertz CT molecular complexity index is 1670. The van der Waals surface area contributed by atoms with Gasteiger partial charge in [0.2, 0.25) is 0 Å². The van der Waals surface area contributed by atoms with Crippen molar-refractivity contribution in [3.05, 3.63) is 91.9 Å². The number of pyridine rings is 1. The molecule has 2 aliphatic rings. The van der Waals surface area contributed by atoms with Gasteiger partial charge in [0.05, 0.1) is 18.6 Å². The third-order valence-electron chi connectivity index (χ3n) is 7.71. The summed E-state index contributed by atoms with van der Waals surface area (Å²) in [5.74, 6) is 0.927. The van der Waals surface area contributed by atoms with Gasteiger partial charge in [-0.25, -0.2) is 4.39 Å². The van der Waals surface area contributed by atoms with E-state index in [9.17, 15) is 19.2 Å². The summed E-state index contributed by atoms with van der Waals surface area (Å²) in [5, 5.41) is 9.96. The molecule has 0 unspecified atom stereocenters. The lowest BCUT2D eigenvalue weighted by Gasteiger charge is -2.39. The van der Waals surface area contributed by atoms with Crippen molar-refractivity contribution in [1.29, 1.82) is 5.26 Å². The number of hydrogen-bond acceptors (Lipinski definition) is 8. The standard InChI is InChI=1S/C32H32FN5O3S2/c1-4-13-37-29(36-16-14-35(15-17-36)24-9-7-23(33)8-10-24)26(21(2)27(19-34)30(37)39)18-28-31(40)38(32(42)43-28)20-22-5-11-25(41-3)12-6-22/h5-12,18H,4,13-17,20H2,1-3H3. The number of hydrogen-bond donors (Lipinski definition) is 0. The van der Waals surface area contributed by atoms with Crippen molar-refractivity contribution in [2.24, 2.45) is 0 Å². The van der Waals surface area contributed by atoms with Crippen LogP contribution in [-0.4, -0.2) is 53.0 Å². The lowest BCUT2D eigenvalue weighted by Crippen LogP contribution is -2.48. The SMILES string of the molecule is CCCn1c(N2CCN(c3ccc(F)cc3)CC2)c(C=C2SC(=S)N(Cc3ccc(OC)cc3)C2=O)c(C)c(C#N)c1=O. The number of anilines is 2. The van der Waals surface area contributed by atoms with Crippen molar-refractivity contribution < 1.29 is 13.9 Å². The normalized spacial score (nSPS) is 16.3. The van der Waals surface area contributed by atoms with E-state index in [0.717, 1.165) is 17.0 Å². The molecule has 11 heteroatoms. The molecule has 2 aliphatic heterocycles. The highest BCUT2D eigenvalue weighted by atomic mass is 32.2. The number of carbonyl (C=O) groups excluding carboxylic acids is 1. The molecule has 0 aliphatic carbocycles.